The summed E-state index contributed by atoms with van der Waals surface area (Å²) < 4.78 is 1.30. The minimum Gasteiger partial charge on any atom is -0.480 e. The standard InChI is InChI=1S/C6H9N3O2.ClH/c1-4-2-9(3-5(10)11)8-6(4)7;/h2H,3H2,1H3,(H2,7,8)(H,10,11);1H. The van der Waals surface area contributed by atoms with Gasteiger partial charge in [-0.25, -0.2) is 0 Å². The molecular formula is C6H10ClN3O2. The highest BCUT2D eigenvalue weighted by Gasteiger charge is 2.03. The first-order chi connectivity index (χ1) is 5.09. The van der Waals surface area contributed by atoms with Crippen molar-refractivity contribution in [2.75, 3.05) is 5.73 Å². The third kappa shape index (κ3) is 2.43. The van der Waals surface area contributed by atoms with E-state index < -0.39 is 5.97 Å². The van der Waals surface area contributed by atoms with Gasteiger partial charge < -0.3 is 10.8 Å². The molecule has 0 spiro atoms. The molecule has 3 N–H and O–H groups in total. The molecule has 1 aromatic rings. The summed E-state index contributed by atoms with van der Waals surface area (Å²) in [4.78, 5) is 10.2. The topological polar surface area (TPSA) is 81.1 Å². The Morgan fingerprint density at radius 3 is 2.75 bits per heavy atom. The third-order valence-electron chi connectivity index (χ3n) is 1.28. The van der Waals surface area contributed by atoms with Crippen LogP contribution in [0.3, 0.4) is 0 Å². The summed E-state index contributed by atoms with van der Waals surface area (Å²) in [5.41, 5.74) is 6.19. The molecule has 0 fully saturated rings. The number of rotatable bonds is 2. The van der Waals surface area contributed by atoms with Crippen LogP contribution in [0.15, 0.2) is 6.20 Å². The molecule has 0 saturated heterocycles. The number of aromatic nitrogens is 2. The van der Waals surface area contributed by atoms with E-state index in [2.05, 4.69) is 5.10 Å². The fraction of sp³-hybridized carbons (Fsp3) is 0.333. The first-order valence-electron chi connectivity index (χ1n) is 3.11. The van der Waals surface area contributed by atoms with Gasteiger partial charge in [0.25, 0.3) is 0 Å². The number of nitrogens with two attached hydrogens (primary N) is 1. The Bertz CT molecular complexity index is 265. The minimum absolute atomic E-state index is 0. The molecule has 0 bridgehead atoms. The summed E-state index contributed by atoms with van der Waals surface area (Å²) in [6.07, 6.45) is 1.60. The average molecular weight is 192 g/mol. The van der Waals surface area contributed by atoms with Gasteiger partial charge in [0.2, 0.25) is 0 Å². The van der Waals surface area contributed by atoms with Gasteiger partial charge in [-0.05, 0) is 6.92 Å². The van der Waals surface area contributed by atoms with Crippen LogP contribution in [0.2, 0.25) is 0 Å². The van der Waals surface area contributed by atoms with Crippen LogP contribution in [0.1, 0.15) is 5.56 Å². The van der Waals surface area contributed by atoms with Crippen LogP contribution in [-0.4, -0.2) is 20.9 Å². The van der Waals surface area contributed by atoms with E-state index in [0.29, 0.717) is 5.82 Å². The van der Waals surface area contributed by atoms with Crippen LogP contribution >= 0.6 is 12.4 Å². The Labute approximate surface area is 75.6 Å². The van der Waals surface area contributed by atoms with Crippen LogP contribution in [0.4, 0.5) is 5.82 Å². The first kappa shape index (κ1) is 10.8. The number of carboxylic acids is 1. The fourth-order valence-electron chi connectivity index (χ4n) is 0.755. The molecule has 5 nitrogen and oxygen atoms in total. The highest BCUT2D eigenvalue weighted by molar-refractivity contribution is 5.85. The highest BCUT2D eigenvalue weighted by atomic mass is 35.5. The lowest BCUT2D eigenvalue weighted by atomic mass is 10.4. The van der Waals surface area contributed by atoms with Crippen LogP contribution < -0.4 is 5.73 Å². The zero-order chi connectivity index (χ0) is 8.43. The number of aryl methyl sites for hydroxylation is 1. The molecule has 0 aliphatic heterocycles. The van der Waals surface area contributed by atoms with Gasteiger partial charge in [0.05, 0.1) is 0 Å². The quantitative estimate of drug-likeness (QED) is 0.704. The molecule has 68 valence electrons. The summed E-state index contributed by atoms with van der Waals surface area (Å²) in [7, 11) is 0. The smallest absolute Gasteiger partial charge is 0.325 e. The van der Waals surface area contributed by atoms with Crippen LogP contribution in [-0.2, 0) is 11.3 Å². The summed E-state index contributed by atoms with van der Waals surface area (Å²) in [5.74, 6) is -0.543. The molecule has 1 heterocycles. The zero-order valence-corrected chi connectivity index (χ0v) is 7.34. The molecule has 1 aromatic heterocycles. The molecule has 0 aliphatic carbocycles. The van der Waals surface area contributed by atoms with Gasteiger partial charge in [0.15, 0.2) is 0 Å². The first-order valence-corrected chi connectivity index (χ1v) is 3.11. The van der Waals surface area contributed by atoms with Crippen molar-refractivity contribution in [3.05, 3.63) is 11.8 Å². The Hall–Kier alpha value is -1.23. The van der Waals surface area contributed by atoms with E-state index in [-0.39, 0.29) is 19.0 Å². The van der Waals surface area contributed by atoms with Crippen molar-refractivity contribution in [1.82, 2.24) is 9.78 Å². The molecular weight excluding hydrogens is 182 g/mol. The van der Waals surface area contributed by atoms with Gasteiger partial charge in [0.1, 0.15) is 12.4 Å². The Balaban J connectivity index is 0.00000121. The van der Waals surface area contributed by atoms with Gasteiger partial charge >= 0.3 is 5.97 Å². The Kier molecular flexibility index (Phi) is 3.56. The van der Waals surface area contributed by atoms with Gasteiger partial charge in [-0.3, -0.25) is 9.48 Å². The van der Waals surface area contributed by atoms with Crippen molar-refractivity contribution in [1.29, 1.82) is 0 Å². The second kappa shape index (κ2) is 3.96. The maximum Gasteiger partial charge on any atom is 0.325 e. The lowest BCUT2D eigenvalue weighted by molar-refractivity contribution is -0.137. The number of hydrogen-bond donors (Lipinski definition) is 2. The molecule has 12 heavy (non-hydrogen) atoms. The van der Waals surface area contributed by atoms with E-state index in [9.17, 15) is 4.79 Å². The Morgan fingerprint density at radius 2 is 2.42 bits per heavy atom. The van der Waals surface area contributed by atoms with Crippen LogP contribution in [0.5, 0.6) is 0 Å². The summed E-state index contributed by atoms with van der Waals surface area (Å²) in [6.45, 7) is 1.64. The number of hydrogen-bond acceptors (Lipinski definition) is 3. The van der Waals surface area contributed by atoms with E-state index in [1.165, 1.54) is 4.68 Å². The minimum atomic E-state index is -0.924. The van der Waals surface area contributed by atoms with Crippen molar-refractivity contribution < 1.29 is 9.90 Å². The summed E-state index contributed by atoms with van der Waals surface area (Å²) in [5, 5.41) is 12.1. The molecule has 0 aliphatic rings. The molecule has 0 aromatic carbocycles. The van der Waals surface area contributed by atoms with E-state index in [0.717, 1.165) is 5.56 Å². The number of carbonyl (C=O) groups is 1. The van der Waals surface area contributed by atoms with E-state index >= 15 is 0 Å². The van der Waals surface area contributed by atoms with Crippen molar-refractivity contribution in [2.24, 2.45) is 0 Å². The molecule has 0 unspecified atom stereocenters. The number of halogens is 1. The van der Waals surface area contributed by atoms with E-state index in [1.54, 1.807) is 13.1 Å². The molecule has 0 saturated carbocycles. The predicted octanol–water partition coefficient (Wildman–Crippen LogP) is 0.280. The van der Waals surface area contributed by atoms with Gasteiger partial charge in [-0.1, -0.05) is 0 Å². The SMILES string of the molecule is Cc1cn(CC(=O)O)nc1N.Cl. The third-order valence-corrected chi connectivity index (χ3v) is 1.28. The maximum absolute atomic E-state index is 10.2. The number of carboxylic acid groups (broad SMARTS) is 1. The number of anilines is 1. The van der Waals surface area contributed by atoms with Crippen molar-refractivity contribution in [3.63, 3.8) is 0 Å². The lowest BCUT2D eigenvalue weighted by Gasteiger charge is -1.92. The number of aliphatic carboxylic acids is 1. The fourth-order valence-corrected chi connectivity index (χ4v) is 0.755. The van der Waals surface area contributed by atoms with Crippen molar-refractivity contribution in [3.8, 4) is 0 Å². The van der Waals surface area contributed by atoms with Crippen molar-refractivity contribution in [2.45, 2.75) is 13.5 Å². The largest absolute Gasteiger partial charge is 0.480 e. The van der Waals surface area contributed by atoms with Gasteiger partial charge in [0, 0.05) is 11.8 Å². The summed E-state index contributed by atoms with van der Waals surface area (Å²) in [6, 6.07) is 0. The molecule has 1 rings (SSSR count). The highest BCUT2D eigenvalue weighted by Crippen LogP contribution is 2.05. The number of nitrogen functional groups attached to an aromatic ring is 1. The number of nitrogens with zero attached hydrogens (tertiary/aromatic N) is 2. The predicted molar refractivity (Wildman–Crippen MR) is 46.3 cm³/mol. The van der Waals surface area contributed by atoms with Crippen LogP contribution in [0, 0.1) is 6.92 Å². The zero-order valence-electron chi connectivity index (χ0n) is 6.52. The monoisotopic (exact) mass is 191 g/mol. The molecule has 0 amide bonds. The lowest BCUT2D eigenvalue weighted by Crippen LogP contribution is -2.09. The molecule has 0 atom stereocenters. The Morgan fingerprint density at radius 1 is 1.83 bits per heavy atom. The van der Waals surface area contributed by atoms with Crippen LogP contribution in [0.25, 0.3) is 0 Å². The molecule has 0 radical (unpaired) electrons. The maximum atomic E-state index is 10.2. The second-order valence-corrected chi connectivity index (χ2v) is 2.29. The van der Waals surface area contributed by atoms with Crippen molar-refractivity contribution >= 4 is 24.2 Å². The summed E-state index contributed by atoms with van der Waals surface area (Å²) >= 11 is 0. The van der Waals surface area contributed by atoms with Gasteiger partial charge in [-0.15, -0.1) is 12.4 Å². The average Bonchev–Trinajstić information content (AvgIpc) is 2.10. The normalized spacial score (nSPS) is 9.08. The second-order valence-electron chi connectivity index (χ2n) is 2.29. The van der Waals surface area contributed by atoms with E-state index in [4.69, 9.17) is 10.8 Å². The van der Waals surface area contributed by atoms with E-state index in [1.807, 2.05) is 0 Å². The molecule has 6 heteroatoms. The van der Waals surface area contributed by atoms with Gasteiger partial charge in [-0.2, -0.15) is 5.10 Å².